The Bertz CT molecular complexity index is 276. The minimum atomic E-state index is -0.160. The molecule has 0 aromatic heterocycles. The zero-order valence-corrected chi connectivity index (χ0v) is 12.3. The highest BCUT2D eigenvalue weighted by Crippen LogP contribution is 2.42. The normalized spacial score (nSPS) is 25.9. The molecule has 0 aromatic carbocycles. The van der Waals surface area contributed by atoms with E-state index >= 15 is 0 Å². The van der Waals surface area contributed by atoms with E-state index in [1.807, 2.05) is 0 Å². The van der Waals surface area contributed by atoms with Gasteiger partial charge in [0.05, 0.1) is 19.6 Å². The van der Waals surface area contributed by atoms with E-state index < -0.39 is 0 Å². The second-order valence-electron chi connectivity index (χ2n) is 6.11. The Morgan fingerprint density at radius 1 is 1.44 bits per heavy atom. The van der Waals surface area contributed by atoms with Gasteiger partial charge in [0.2, 0.25) is 0 Å². The van der Waals surface area contributed by atoms with Crippen molar-refractivity contribution in [2.45, 2.75) is 52.7 Å². The lowest BCUT2D eigenvalue weighted by molar-refractivity contribution is -0.141. The van der Waals surface area contributed by atoms with Gasteiger partial charge in [0.25, 0.3) is 0 Å². The summed E-state index contributed by atoms with van der Waals surface area (Å²) in [6.07, 6.45) is 1.79. The van der Waals surface area contributed by atoms with Crippen molar-refractivity contribution < 1.29 is 14.3 Å². The molecule has 1 fully saturated rings. The van der Waals surface area contributed by atoms with Gasteiger partial charge in [-0.05, 0) is 12.3 Å². The number of ether oxygens (including phenoxy) is 2. The molecule has 18 heavy (non-hydrogen) atoms. The molecule has 0 aromatic rings. The largest absolute Gasteiger partial charge is 0.469 e. The van der Waals surface area contributed by atoms with Crippen LogP contribution in [0.4, 0.5) is 0 Å². The first kappa shape index (κ1) is 15.4. The van der Waals surface area contributed by atoms with Crippen LogP contribution in [0.1, 0.15) is 40.5 Å². The topological polar surface area (TPSA) is 47.6 Å². The highest BCUT2D eigenvalue weighted by atomic mass is 16.5. The van der Waals surface area contributed by atoms with E-state index in [-0.39, 0.29) is 11.4 Å². The summed E-state index contributed by atoms with van der Waals surface area (Å²) in [5, 5.41) is 3.41. The molecule has 4 heteroatoms. The minimum absolute atomic E-state index is 0.144. The van der Waals surface area contributed by atoms with Crippen LogP contribution in [0.25, 0.3) is 0 Å². The number of methoxy groups -OCH3 is 1. The van der Waals surface area contributed by atoms with Gasteiger partial charge >= 0.3 is 5.97 Å². The lowest BCUT2D eigenvalue weighted by atomic mass is 9.64. The van der Waals surface area contributed by atoms with Crippen LogP contribution in [-0.2, 0) is 14.3 Å². The van der Waals surface area contributed by atoms with Gasteiger partial charge in [-0.2, -0.15) is 0 Å². The summed E-state index contributed by atoms with van der Waals surface area (Å²) in [6, 6.07) is 0.430. The summed E-state index contributed by atoms with van der Waals surface area (Å²) >= 11 is 0. The second-order valence-corrected chi connectivity index (χ2v) is 6.11. The van der Waals surface area contributed by atoms with Crippen LogP contribution in [0.5, 0.6) is 0 Å². The number of esters is 1. The number of hydrogen-bond donors (Lipinski definition) is 1. The third-order valence-electron chi connectivity index (χ3n) is 3.76. The Hall–Kier alpha value is -0.610. The third kappa shape index (κ3) is 3.95. The van der Waals surface area contributed by atoms with E-state index in [0.29, 0.717) is 31.0 Å². The molecule has 1 aliphatic carbocycles. The quantitative estimate of drug-likeness (QED) is 0.708. The maximum absolute atomic E-state index is 11.0. The average molecular weight is 257 g/mol. The molecule has 1 aliphatic rings. The molecule has 0 saturated heterocycles. The zero-order chi connectivity index (χ0) is 13.8. The monoisotopic (exact) mass is 257 g/mol. The minimum Gasteiger partial charge on any atom is -0.469 e. The van der Waals surface area contributed by atoms with Gasteiger partial charge in [-0.1, -0.05) is 27.7 Å². The lowest BCUT2D eigenvalue weighted by Crippen LogP contribution is -2.61. The summed E-state index contributed by atoms with van der Waals surface area (Å²) in [5.74, 6) is 0.416. The fourth-order valence-electron chi connectivity index (χ4n) is 2.27. The molecular weight excluding hydrogens is 230 g/mol. The second kappa shape index (κ2) is 6.53. The van der Waals surface area contributed by atoms with Crippen LogP contribution < -0.4 is 5.32 Å². The van der Waals surface area contributed by atoms with Gasteiger partial charge in [-0.15, -0.1) is 0 Å². The summed E-state index contributed by atoms with van der Waals surface area (Å²) in [7, 11) is 1.42. The maximum Gasteiger partial charge on any atom is 0.306 e. The summed E-state index contributed by atoms with van der Waals surface area (Å²) in [6.45, 7) is 10.3. The van der Waals surface area contributed by atoms with E-state index in [1.54, 1.807) is 0 Å². The van der Waals surface area contributed by atoms with Crippen molar-refractivity contribution in [1.82, 2.24) is 5.32 Å². The fourth-order valence-corrected chi connectivity index (χ4v) is 2.27. The van der Waals surface area contributed by atoms with Gasteiger partial charge < -0.3 is 14.8 Å². The molecule has 0 spiro atoms. The predicted octanol–water partition coefficient (Wildman–Crippen LogP) is 1.98. The summed E-state index contributed by atoms with van der Waals surface area (Å²) in [5.41, 5.74) is 0.144. The zero-order valence-electron chi connectivity index (χ0n) is 12.3. The van der Waals surface area contributed by atoms with Gasteiger partial charge in [-0.3, -0.25) is 4.79 Å². The molecule has 2 unspecified atom stereocenters. The number of rotatable bonds is 7. The molecule has 0 heterocycles. The SMILES string of the molecule is COC(=O)CCNC1CC(OCC(C)C)C1(C)C. The van der Waals surface area contributed by atoms with Crippen molar-refractivity contribution in [3.63, 3.8) is 0 Å². The fraction of sp³-hybridized carbons (Fsp3) is 0.929. The Morgan fingerprint density at radius 3 is 2.61 bits per heavy atom. The Labute approximate surface area is 110 Å². The molecule has 0 radical (unpaired) electrons. The average Bonchev–Trinajstić information content (AvgIpc) is 2.30. The van der Waals surface area contributed by atoms with Crippen molar-refractivity contribution in [2.24, 2.45) is 11.3 Å². The highest BCUT2D eigenvalue weighted by molar-refractivity contribution is 5.69. The molecule has 1 rings (SSSR count). The number of carbonyl (C=O) groups is 1. The van der Waals surface area contributed by atoms with Gasteiger partial charge in [0.1, 0.15) is 0 Å². The first-order chi connectivity index (χ1) is 8.37. The number of hydrogen-bond acceptors (Lipinski definition) is 4. The molecule has 0 amide bonds. The van der Waals surface area contributed by atoms with E-state index in [2.05, 4.69) is 37.7 Å². The van der Waals surface area contributed by atoms with Crippen LogP contribution >= 0.6 is 0 Å². The predicted molar refractivity (Wildman–Crippen MR) is 71.4 cm³/mol. The van der Waals surface area contributed by atoms with E-state index in [1.165, 1.54) is 7.11 Å². The van der Waals surface area contributed by atoms with E-state index in [0.717, 1.165) is 13.0 Å². The van der Waals surface area contributed by atoms with Gasteiger partial charge in [-0.25, -0.2) is 0 Å². The smallest absolute Gasteiger partial charge is 0.306 e. The Kier molecular flexibility index (Phi) is 5.60. The number of carbonyl (C=O) groups excluding carboxylic acids is 1. The highest BCUT2D eigenvalue weighted by Gasteiger charge is 2.48. The van der Waals surface area contributed by atoms with Gasteiger partial charge in [0.15, 0.2) is 0 Å². The Balaban J connectivity index is 2.24. The lowest BCUT2D eigenvalue weighted by Gasteiger charge is -2.52. The van der Waals surface area contributed by atoms with Crippen molar-refractivity contribution in [1.29, 1.82) is 0 Å². The molecular formula is C14H27NO3. The van der Waals surface area contributed by atoms with Crippen molar-refractivity contribution in [2.75, 3.05) is 20.3 Å². The summed E-state index contributed by atoms with van der Waals surface area (Å²) in [4.78, 5) is 11.0. The summed E-state index contributed by atoms with van der Waals surface area (Å²) < 4.78 is 10.5. The van der Waals surface area contributed by atoms with E-state index in [4.69, 9.17) is 4.74 Å². The molecule has 1 N–H and O–H groups in total. The molecule has 1 saturated carbocycles. The van der Waals surface area contributed by atoms with Crippen LogP contribution in [0.15, 0.2) is 0 Å². The van der Waals surface area contributed by atoms with Crippen molar-refractivity contribution >= 4 is 5.97 Å². The van der Waals surface area contributed by atoms with Gasteiger partial charge in [0, 0.05) is 24.6 Å². The number of nitrogens with one attached hydrogen (secondary N) is 1. The van der Waals surface area contributed by atoms with Crippen LogP contribution in [0.3, 0.4) is 0 Å². The Morgan fingerprint density at radius 2 is 2.11 bits per heavy atom. The third-order valence-corrected chi connectivity index (χ3v) is 3.76. The molecule has 0 aliphatic heterocycles. The van der Waals surface area contributed by atoms with Crippen molar-refractivity contribution in [3.8, 4) is 0 Å². The van der Waals surface area contributed by atoms with Crippen LogP contribution in [0.2, 0.25) is 0 Å². The van der Waals surface area contributed by atoms with Crippen LogP contribution in [0, 0.1) is 11.3 Å². The first-order valence-electron chi connectivity index (χ1n) is 6.79. The molecule has 106 valence electrons. The molecule has 2 atom stereocenters. The van der Waals surface area contributed by atoms with E-state index in [9.17, 15) is 4.79 Å². The van der Waals surface area contributed by atoms with Crippen molar-refractivity contribution in [3.05, 3.63) is 0 Å². The maximum atomic E-state index is 11.0. The molecule has 4 nitrogen and oxygen atoms in total. The first-order valence-corrected chi connectivity index (χ1v) is 6.79. The standard InChI is InChI=1S/C14H27NO3/c1-10(2)9-18-12-8-11(14(12,3)4)15-7-6-13(16)17-5/h10-12,15H,6-9H2,1-5H3. The van der Waals surface area contributed by atoms with Crippen LogP contribution in [-0.4, -0.2) is 38.4 Å². The molecule has 0 bridgehead atoms.